The Kier molecular flexibility index (Phi) is 5.02. The SMILES string of the molecule is Cc1noc(-c2ccc(C(=O)NCC(c3ccco3)N3CCCC3)cc2)n1. The number of nitrogens with zero attached hydrogens (tertiary/aromatic N) is 3. The topological polar surface area (TPSA) is 84.4 Å². The van der Waals surface area contributed by atoms with Gasteiger partial charge in [-0.2, -0.15) is 4.98 Å². The summed E-state index contributed by atoms with van der Waals surface area (Å²) in [5, 5.41) is 6.82. The molecular weight excluding hydrogens is 344 g/mol. The van der Waals surface area contributed by atoms with E-state index in [1.807, 2.05) is 24.3 Å². The minimum Gasteiger partial charge on any atom is -0.468 e. The van der Waals surface area contributed by atoms with Gasteiger partial charge in [0.2, 0.25) is 0 Å². The number of likely N-dealkylation sites (tertiary alicyclic amines) is 1. The molecule has 0 saturated carbocycles. The van der Waals surface area contributed by atoms with Gasteiger partial charge in [0.25, 0.3) is 11.8 Å². The van der Waals surface area contributed by atoms with Gasteiger partial charge in [-0.25, -0.2) is 0 Å². The van der Waals surface area contributed by atoms with E-state index in [9.17, 15) is 4.79 Å². The quantitative estimate of drug-likeness (QED) is 0.721. The van der Waals surface area contributed by atoms with E-state index in [1.165, 1.54) is 12.8 Å². The van der Waals surface area contributed by atoms with Crippen molar-refractivity contribution in [3.8, 4) is 11.5 Å². The maximum Gasteiger partial charge on any atom is 0.257 e. The fourth-order valence-corrected chi connectivity index (χ4v) is 3.41. The molecule has 1 aliphatic rings. The lowest BCUT2D eigenvalue weighted by atomic mass is 10.1. The highest BCUT2D eigenvalue weighted by molar-refractivity contribution is 5.94. The molecule has 1 amide bonds. The maximum atomic E-state index is 12.6. The van der Waals surface area contributed by atoms with Crippen LogP contribution in [0.25, 0.3) is 11.5 Å². The van der Waals surface area contributed by atoms with E-state index in [1.54, 1.807) is 25.3 Å². The van der Waals surface area contributed by atoms with Crippen LogP contribution in [0, 0.1) is 6.92 Å². The number of rotatable bonds is 6. The van der Waals surface area contributed by atoms with Crippen molar-refractivity contribution in [2.24, 2.45) is 0 Å². The van der Waals surface area contributed by atoms with Crippen molar-refractivity contribution in [2.45, 2.75) is 25.8 Å². The molecule has 1 fully saturated rings. The number of carbonyl (C=O) groups excluding carboxylic acids is 1. The number of aromatic nitrogens is 2. The Morgan fingerprint density at radius 1 is 1.22 bits per heavy atom. The van der Waals surface area contributed by atoms with E-state index in [-0.39, 0.29) is 11.9 Å². The van der Waals surface area contributed by atoms with Gasteiger partial charge in [0, 0.05) is 17.7 Å². The summed E-state index contributed by atoms with van der Waals surface area (Å²) < 4.78 is 10.7. The predicted molar refractivity (Wildman–Crippen MR) is 99.1 cm³/mol. The fourth-order valence-electron chi connectivity index (χ4n) is 3.41. The zero-order valence-corrected chi connectivity index (χ0v) is 15.2. The first-order chi connectivity index (χ1) is 13.2. The van der Waals surface area contributed by atoms with Gasteiger partial charge in [0.15, 0.2) is 5.82 Å². The van der Waals surface area contributed by atoms with Crippen molar-refractivity contribution in [1.29, 1.82) is 0 Å². The van der Waals surface area contributed by atoms with E-state index in [0.717, 1.165) is 24.4 Å². The second-order valence-electron chi connectivity index (χ2n) is 6.71. The Morgan fingerprint density at radius 3 is 2.63 bits per heavy atom. The van der Waals surface area contributed by atoms with Crippen LogP contribution in [-0.4, -0.2) is 40.6 Å². The van der Waals surface area contributed by atoms with Crippen LogP contribution in [0.1, 0.15) is 40.8 Å². The fraction of sp³-hybridized carbons (Fsp3) is 0.350. The van der Waals surface area contributed by atoms with Gasteiger partial charge in [0.1, 0.15) is 5.76 Å². The molecule has 7 heteroatoms. The van der Waals surface area contributed by atoms with Gasteiger partial charge in [-0.15, -0.1) is 0 Å². The Balaban J connectivity index is 1.42. The molecule has 1 aromatic carbocycles. The van der Waals surface area contributed by atoms with Gasteiger partial charge < -0.3 is 14.3 Å². The van der Waals surface area contributed by atoms with Crippen LogP contribution >= 0.6 is 0 Å². The maximum absolute atomic E-state index is 12.6. The van der Waals surface area contributed by atoms with Crippen molar-refractivity contribution in [1.82, 2.24) is 20.4 Å². The summed E-state index contributed by atoms with van der Waals surface area (Å²) in [7, 11) is 0. The minimum absolute atomic E-state index is 0.0621. The van der Waals surface area contributed by atoms with Crippen molar-refractivity contribution >= 4 is 5.91 Å². The van der Waals surface area contributed by atoms with Crippen LogP contribution in [0.4, 0.5) is 0 Å². The highest BCUT2D eigenvalue weighted by Crippen LogP contribution is 2.25. The molecule has 3 aromatic rings. The van der Waals surface area contributed by atoms with E-state index < -0.39 is 0 Å². The van der Waals surface area contributed by atoms with Crippen molar-refractivity contribution in [3.63, 3.8) is 0 Å². The van der Waals surface area contributed by atoms with E-state index >= 15 is 0 Å². The van der Waals surface area contributed by atoms with Gasteiger partial charge in [-0.3, -0.25) is 9.69 Å². The zero-order valence-electron chi connectivity index (χ0n) is 15.2. The Morgan fingerprint density at radius 2 is 2.00 bits per heavy atom. The first kappa shape index (κ1) is 17.5. The summed E-state index contributed by atoms with van der Waals surface area (Å²) in [5.41, 5.74) is 1.38. The second kappa shape index (κ2) is 7.75. The normalized spacial score (nSPS) is 15.7. The molecule has 0 radical (unpaired) electrons. The average Bonchev–Trinajstić information content (AvgIpc) is 3.45. The number of furan rings is 1. The Bertz CT molecular complexity index is 880. The second-order valence-corrected chi connectivity index (χ2v) is 6.71. The van der Waals surface area contributed by atoms with Crippen LogP contribution in [-0.2, 0) is 0 Å². The number of amides is 1. The third-order valence-electron chi connectivity index (χ3n) is 4.83. The number of nitrogens with one attached hydrogen (secondary N) is 1. The Hall–Kier alpha value is -2.93. The van der Waals surface area contributed by atoms with Crippen LogP contribution in [0.5, 0.6) is 0 Å². The van der Waals surface area contributed by atoms with Crippen LogP contribution in [0.3, 0.4) is 0 Å². The van der Waals surface area contributed by atoms with Gasteiger partial charge in [0.05, 0.1) is 12.3 Å². The summed E-state index contributed by atoms with van der Waals surface area (Å²) in [5.74, 6) is 1.81. The summed E-state index contributed by atoms with van der Waals surface area (Å²) in [6, 6.07) is 11.1. The molecule has 3 heterocycles. The third-order valence-corrected chi connectivity index (χ3v) is 4.83. The van der Waals surface area contributed by atoms with E-state index in [0.29, 0.717) is 23.8 Å². The van der Waals surface area contributed by atoms with E-state index in [4.69, 9.17) is 8.94 Å². The molecule has 1 aliphatic heterocycles. The molecule has 140 valence electrons. The van der Waals surface area contributed by atoms with Crippen LogP contribution in [0.2, 0.25) is 0 Å². The van der Waals surface area contributed by atoms with Crippen LogP contribution < -0.4 is 5.32 Å². The molecule has 1 saturated heterocycles. The number of carbonyl (C=O) groups is 1. The van der Waals surface area contributed by atoms with Gasteiger partial charge >= 0.3 is 0 Å². The highest BCUT2D eigenvalue weighted by Gasteiger charge is 2.26. The molecule has 0 bridgehead atoms. The molecule has 0 aliphatic carbocycles. The number of hydrogen-bond donors (Lipinski definition) is 1. The van der Waals surface area contributed by atoms with Crippen LogP contribution in [0.15, 0.2) is 51.6 Å². The number of benzene rings is 1. The molecule has 2 aromatic heterocycles. The lowest BCUT2D eigenvalue weighted by Crippen LogP contribution is -2.36. The molecule has 27 heavy (non-hydrogen) atoms. The third kappa shape index (κ3) is 3.93. The molecule has 4 rings (SSSR count). The molecule has 1 unspecified atom stereocenters. The summed E-state index contributed by atoms with van der Waals surface area (Å²) in [4.78, 5) is 19.1. The smallest absolute Gasteiger partial charge is 0.257 e. The standard InChI is InChI=1S/C20H22N4O3/c1-14-22-20(27-23-14)16-8-6-15(7-9-16)19(25)21-13-17(18-5-4-12-26-18)24-10-2-3-11-24/h4-9,12,17H,2-3,10-11,13H2,1H3,(H,21,25). The molecular formula is C20H22N4O3. The minimum atomic E-state index is -0.112. The highest BCUT2D eigenvalue weighted by atomic mass is 16.5. The summed E-state index contributed by atoms with van der Waals surface area (Å²) >= 11 is 0. The lowest BCUT2D eigenvalue weighted by Gasteiger charge is -2.26. The summed E-state index contributed by atoms with van der Waals surface area (Å²) in [6.45, 7) is 4.33. The van der Waals surface area contributed by atoms with Gasteiger partial charge in [-0.1, -0.05) is 5.16 Å². The largest absolute Gasteiger partial charge is 0.468 e. The first-order valence-corrected chi connectivity index (χ1v) is 9.17. The molecule has 1 atom stereocenters. The van der Waals surface area contributed by atoms with Crippen molar-refractivity contribution in [3.05, 3.63) is 59.8 Å². The first-order valence-electron chi connectivity index (χ1n) is 9.17. The molecule has 1 N–H and O–H groups in total. The number of hydrogen-bond acceptors (Lipinski definition) is 6. The Labute approximate surface area is 157 Å². The van der Waals surface area contributed by atoms with Gasteiger partial charge in [-0.05, 0) is 69.3 Å². The molecule has 0 spiro atoms. The van der Waals surface area contributed by atoms with Crippen molar-refractivity contribution in [2.75, 3.05) is 19.6 Å². The predicted octanol–water partition coefficient (Wildman–Crippen LogP) is 3.20. The number of aryl methyl sites for hydroxylation is 1. The summed E-state index contributed by atoms with van der Waals surface area (Å²) in [6.07, 6.45) is 4.04. The monoisotopic (exact) mass is 366 g/mol. The average molecular weight is 366 g/mol. The van der Waals surface area contributed by atoms with E-state index in [2.05, 4.69) is 20.4 Å². The lowest BCUT2D eigenvalue weighted by molar-refractivity contribution is 0.0934. The van der Waals surface area contributed by atoms with Crippen molar-refractivity contribution < 1.29 is 13.7 Å². The zero-order chi connectivity index (χ0) is 18.6. The molecule has 7 nitrogen and oxygen atoms in total.